The molecule has 0 fully saturated rings. The van der Waals surface area contributed by atoms with Crippen LogP contribution < -0.4 is 5.32 Å². The zero-order valence-corrected chi connectivity index (χ0v) is 15.9. The third kappa shape index (κ3) is 3.64. The van der Waals surface area contributed by atoms with Crippen LogP contribution in [0.25, 0.3) is 10.4 Å². The molecule has 0 saturated carbocycles. The molecular weight excluding hydrogens is 356 g/mol. The molecule has 1 aliphatic rings. The number of hydrogen-bond donors (Lipinski definition) is 1. The van der Waals surface area contributed by atoms with Gasteiger partial charge in [-0.05, 0) is 47.7 Å². The van der Waals surface area contributed by atoms with Crippen LogP contribution >= 0.6 is 11.3 Å². The van der Waals surface area contributed by atoms with E-state index in [1.54, 1.807) is 7.05 Å². The molecule has 2 aromatic carbocycles. The molecule has 5 heteroatoms. The molecule has 0 unspecified atom stereocenters. The number of nitrogens with zero attached hydrogens (tertiary/aromatic N) is 1. The maximum Gasteiger partial charge on any atom is 0.264 e. The number of likely N-dealkylation sites (N-methyl/N-ethyl adjacent to an activating group) is 1. The standard InChI is InChI=1S/C22H20N2O2S/c1-24(14-20(25)23-17-8-3-2-4-9-17)22(26)19-13-16-12-11-15-7-5-6-10-18(15)21(16)27-19/h2-10,13H,11-12,14H2,1H3,(H,23,25). The second-order valence-corrected chi connectivity index (χ2v) is 7.75. The van der Waals surface area contributed by atoms with Crippen molar-refractivity contribution in [2.24, 2.45) is 0 Å². The van der Waals surface area contributed by atoms with E-state index in [2.05, 4.69) is 23.5 Å². The number of carbonyl (C=O) groups is 2. The second-order valence-electron chi connectivity index (χ2n) is 6.70. The Morgan fingerprint density at radius 1 is 1.00 bits per heavy atom. The summed E-state index contributed by atoms with van der Waals surface area (Å²) >= 11 is 1.52. The van der Waals surface area contributed by atoms with Gasteiger partial charge in [-0.2, -0.15) is 0 Å². The molecule has 0 radical (unpaired) electrons. The first-order valence-corrected chi connectivity index (χ1v) is 9.75. The van der Waals surface area contributed by atoms with Gasteiger partial charge in [0.2, 0.25) is 5.91 Å². The zero-order valence-electron chi connectivity index (χ0n) is 15.1. The Hall–Kier alpha value is -2.92. The average Bonchev–Trinajstić information content (AvgIpc) is 3.12. The van der Waals surface area contributed by atoms with Gasteiger partial charge in [0, 0.05) is 17.6 Å². The van der Waals surface area contributed by atoms with Gasteiger partial charge in [0.1, 0.15) is 0 Å². The number of aryl methyl sites for hydroxylation is 2. The van der Waals surface area contributed by atoms with Crippen molar-refractivity contribution in [3.8, 4) is 10.4 Å². The molecule has 1 heterocycles. The monoisotopic (exact) mass is 376 g/mol. The number of nitrogens with one attached hydrogen (secondary N) is 1. The number of hydrogen-bond acceptors (Lipinski definition) is 3. The number of benzene rings is 2. The molecule has 1 aromatic heterocycles. The van der Waals surface area contributed by atoms with Crippen LogP contribution in [-0.4, -0.2) is 30.3 Å². The van der Waals surface area contributed by atoms with Crippen LogP contribution in [0.2, 0.25) is 0 Å². The van der Waals surface area contributed by atoms with E-state index in [0.717, 1.165) is 18.5 Å². The Kier molecular flexibility index (Phi) is 4.77. The molecule has 2 amide bonds. The van der Waals surface area contributed by atoms with Crippen LogP contribution in [0.15, 0.2) is 60.7 Å². The topological polar surface area (TPSA) is 49.4 Å². The summed E-state index contributed by atoms with van der Waals surface area (Å²) < 4.78 is 0. The Bertz CT molecular complexity index is 995. The number of anilines is 1. The van der Waals surface area contributed by atoms with Gasteiger partial charge < -0.3 is 10.2 Å². The first kappa shape index (κ1) is 17.5. The van der Waals surface area contributed by atoms with E-state index in [4.69, 9.17) is 0 Å². The van der Waals surface area contributed by atoms with Gasteiger partial charge in [-0.3, -0.25) is 9.59 Å². The van der Waals surface area contributed by atoms with Gasteiger partial charge in [-0.15, -0.1) is 11.3 Å². The van der Waals surface area contributed by atoms with E-state index in [-0.39, 0.29) is 18.4 Å². The van der Waals surface area contributed by atoms with Crippen LogP contribution in [0.1, 0.15) is 20.8 Å². The van der Waals surface area contributed by atoms with Gasteiger partial charge in [0.05, 0.1) is 11.4 Å². The predicted molar refractivity (Wildman–Crippen MR) is 109 cm³/mol. The number of para-hydroxylation sites is 1. The molecule has 0 saturated heterocycles. The molecule has 4 nitrogen and oxygen atoms in total. The van der Waals surface area contributed by atoms with Crippen molar-refractivity contribution in [2.75, 3.05) is 18.9 Å². The van der Waals surface area contributed by atoms with Crippen molar-refractivity contribution < 1.29 is 9.59 Å². The Labute approximate surface area is 162 Å². The summed E-state index contributed by atoms with van der Waals surface area (Å²) in [4.78, 5) is 28.4. The summed E-state index contributed by atoms with van der Waals surface area (Å²) in [5.74, 6) is -0.321. The van der Waals surface area contributed by atoms with E-state index >= 15 is 0 Å². The number of thiophene rings is 1. The van der Waals surface area contributed by atoms with Crippen molar-refractivity contribution in [1.29, 1.82) is 0 Å². The fourth-order valence-corrected chi connectivity index (χ4v) is 4.64. The fourth-order valence-electron chi connectivity index (χ4n) is 3.37. The summed E-state index contributed by atoms with van der Waals surface area (Å²) in [5, 5.41) is 2.81. The normalized spacial score (nSPS) is 12.0. The Morgan fingerprint density at radius 3 is 2.52 bits per heavy atom. The van der Waals surface area contributed by atoms with Crippen LogP contribution in [0, 0.1) is 0 Å². The van der Waals surface area contributed by atoms with Gasteiger partial charge >= 0.3 is 0 Å². The summed E-state index contributed by atoms with van der Waals surface area (Å²) in [6.45, 7) is 0.0207. The first-order chi connectivity index (χ1) is 13.1. The molecule has 0 atom stereocenters. The van der Waals surface area contributed by atoms with E-state index in [1.165, 1.54) is 37.8 Å². The minimum Gasteiger partial charge on any atom is -0.332 e. The number of amides is 2. The highest BCUT2D eigenvalue weighted by Gasteiger charge is 2.23. The third-order valence-corrected chi connectivity index (χ3v) is 5.93. The largest absolute Gasteiger partial charge is 0.332 e. The van der Waals surface area contributed by atoms with Crippen LogP contribution in [0.5, 0.6) is 0 Å². The minimum absolute atomic E-state index is 0.0207. The number of carbonyl (C=O) groups excluding carboxylic acids is 2. The SMILES string of the molecule is CN(CC(=O)Nc1ccccc1)C(=O)c1cc2c(s1)-c1ccccc1CC2. The van der Waals surface area contributed by atoms with Crippen molar-refractivity contribution in [3.05, 3.63) is 76.7 Å². The maximum absolute atomic E-state index is 12.8. The second kappa shape index (κ2) is 7.37. The summed E-state index contributed by atoms with van der Waals surface area (Å²) in [6.07, 6.45) is 1.96. The molecule has 136 valence electrons. The van der Waals surface area contributed by atoms with E-state index in [9.17, 15) is 9.59 Å². The molecule has 0 aliphatic heterocycles. The fraction of sp³-hybridized carbons (Fsp3) is 0.182. The van der Waals surface area contributed by atoms with Crippen molar-refractivity contribution in [3.63, 3.8) is 0 Å². The number of fused-ring (bicyclic) bond motifs is 3. The van der Waals surface area contributed by atoms with E-state index < -0.39 is 0 Å². The predicted octanol–water partition coefficient (Wildman–Crippen LogP) is 4.22. The molecule has 27 heavy (non-hydrogen) atoms. The zero-order chi connectivity index (χ0) is 18.8. The number of rotatable bonds is 4. The van der Waals surface area contributed by atoms with Crippen molar-refractivity contribution in [1.82, 2.24) is 4.90 Å². The highest BCUT2D eigenvalue weighted by Crippen LogP contribution is 2.39. The Balaban J connectivity index is 1.47. The van der Waals surface area contributed by atoms with Gasteiger partial charge in [-0.1, -0.05) is 42.5 Å². The maximum atomic E-state index is 12.8. The molecular formula is C22H20N2O2S. The lowest BCUT2D eigenvalue weighted by Gasteiger charge is -2.16. The molecule has 1 aliphatic carbocycles. The van der Waals surface area contributed by atoms with Gasteiger partial charge in [-0.25, -0.2) is 0 Å². The van der Waals surface area contributed by atoms with Crippen LogP contribution in [0.3, 0.4) is 0 Å². The third-order valence-electron chi connectivity index (χ3n) is 4.73. The molecule has 0 bridgehead atoms. The summed E-state index contributed by atoms with van der Waals surface area (Å²) in [6, 6.07) is 19.6. The van der Waals surface area contributed by atoms with Crippen LogP contribution in [0.4, 0.5) is 5.69 Å². The lowest BCUT2D eigenvalue weighted by molar-refractivity contribution is -0.116. The lowest BCUT2D eigenvalue weighted by Crippen LogP contribution is -2.34. The van der Waals surface area contributed by atoms with E-state index in [1.807, 2.05) is 42.5 Å². The summed E-state index contributed by atoms with van der Waals surface area (Å²) in [5.41, 5.74) is 4.52. The summed E-state index contributed by atoms with van der Waals surface area (Å²) in [7, 11) is 1.67. The average molecular weight is 376 g/mol. The lowest BCUT2D eigenvalue weighted by atomic mass is 9.91. The highest BCUT2D eigenvalue weighted by atomic mass is 32.1. The van der Waals surface area contributed by atoms with Crippen LogP contribution in [-0.2, 0) is 17.6 Å². The van der Waals surface area contributed by atoms with Gasteiger partial charge in [0.15, 0.2) is 0 Å². The van der Waals surface area contributed by atoms with E-state index in [0.29, 0.717) is 4.88 Å². The first-order valence-electron chi connectivity index (χ1n) is 8.93. The smallest absolute Gasteiger partial charge is 0.264 e. The Morgan fingerprint density at radius 2 is 1.70 bits per heavy atom. The molecule has 1 N–H and O–H groups in total. The van der Waals surface area contributed by atoms with Crippen molar-refractivity contribution in [2.45, 2.75) is 12.8 Å². The molecule has 4 rings (SSSR count). The quantitative estimate of drug-likeness (QED) is 0.741. The van der Waals surface area contributed by atoms with Crippen molar-refractivity contribution >= 4 is 28.8 Å². The minimum atomic E-state index is -0.205. The molecule has 3 aromatic rings. The molecule has 0 spiro atoms. The highest BCUT2D eigenvalue weighted by molar-refractivity contribution is 7.17. The van der Waals surface area contributed by atoms with Gasteiger partial charge in [0.25, 0.3) is 5.91 Å².